The van der Waals surface area contributed by atoms with Crippen molar-refractivity contribution in [2.45, 2.75) is 50.6 Å². The van der Waals surface area contributed by atoms with Gasteiger partial charge in [-0.15, -0.1) is 0 Å². The van der Waals surface area contributed by atoms with Gasteiger partial charge in [-0.05, 0) is 30.4 Å². The summed E-state index contributed by atoms with van der Waals surface area (Å²) in [5.74, 6) is 0.606. The van der Waals surface area contributed by atoms with Crippen LogP contribution in [0.3, 0.4) is 0 Å². The molecule has 0 radical (unpaired) electrons. The van der Waals surface area contributed by atoms with Crippen molar-refractivity contribution < 1.29 is 0 Å². The molecular formula is C21H23N. The molecule has 1 aromatic carbocycles. The molecule has 1 unspecified atom stereocenters. The molecule has 1 fully saturated rings. The molecule has 1 aromatic rings. The molecular weight excluding hydrogens is 266 g/mol. The van der Waals surface area contributed by atoms with E-state index in [2.05, 4.69) is 53.5 Å². The van der Waals surface area contributed by atoms with Gasteiger partial charge in [-0.3, -0.25) is 0 Å². The maximum absolute atomic E-state index is 2.81. The van der Waals surface area contributed by atoms with E-state index in [4.69, 9.17) is 0 Å². The molecule has 0 bridgehead atoms. The second kappa shape index (κ2) is 4.87. The fraction of sp³-hybridized carbons (Fsp3) is 0.429. The zero-order chi connectivity index (χ0) is 14.5. The molecule has 0 amide bonds. The summed E-state index contributed by atoms with van der Waals surface area (Å²) in [5.41, 5.74) is 6.32. The van der Waals surface area contributed by atoms with E-state index in [1.54, 1.807) is 11.3 Å². The standard InChI is InChI=1S/C21H23N/c1-2-9-16(10-3-1)22-20-13-7-6-12-18(20)19-14-15-8-4-5-11-17(15)21(19)22/h4-8,11-13,16,18,20H,1-3,9-10,14H2/t18-,20?/m1/s1. The molecule has 3 aliphatic carbocycles. The van der Waals surface area contributed by atoms with Crippen molar-refractivity contribution in [3.63, 3.8) is 0 Å². The van der Waals surface area contributed by atoms with Gasteiger partial charge < -0.3 is 4.90 Å². The van der Waals surface area contributed by atoms with Gasteiger partial charge in [-0.2, -0.15) is 0 Å². The lowest BCUT2D eigenvalue weighted by molar-refractivity contribution is 0.199. The van der Waals surface area contributed by atoms with E-state index >= 15 is 0 Å². The molecule has 22 heavy (non-hydrogen) atoms. The van der Waals surface area contributed by atoms with E-state index in [1.165, 1.54) is 43.2 Å². The van der Waals surface area contributed by atoms with Crippen molar-refractivity contribution in [1.29, 1.82) is 0 Å². The number of hydrogen-bond donors (Lipinski definition) is 0. The number of fused-ring (bicyclic) bond motifs is 4. The third kappa shape index (κ3) is 1.71. The largest absolute Gasteiger partial charge is 0.361 e. The highest BCUT2D eigenvalue weighted by atomic mass is 15.2. The van der Waals surface area contributed by atoms with Crippen LogP contribution in [-0.4, -0.2) is 17.0 Å². The summed E-state index contributed by atoms with van der Waals surface area (Å²) < 4.78 is 0. The van der Waals surface area contributed by atoms with Crippen molar-refractivity contribution in [1.82, 2.24) is 4.90 Å². The molecule has 1 heteroatoms. The van der Waals surface area contributed by atoms with Crippen LogP contribution >= 0.6 is 0 Å². The average Bonchev–Trinajstić information content (AvgIpc) is 3.10. The Hall–Kier alpha value is -1.76. The normalized spacial score (nSPS) is 29.7. The molecule has 0 spiro atoms. The molecule has 5 rings (SSSR count). The maximum Gasteiger partial charge on any atom is 0.0580 e. The van der Waals surface area contributed by atoms with Gasteiger partial charge in [-0.1, -0.05) is 67.8 Å². The second-order valence-corrected chi connectivity index (χ2v) is 7.19. The molecule has 1 heterocycles. The molecule has 0 saturated heterocycles. The predicted molar refractivity (Wildman–Crippen MR) is 91.3 cm³/mol. The lowest BCUT2D eigenvalue weighted by Crippen LogP contribution is -2.41. The topological polar surface area (TPSA) is 3.24 Å². The molecule has 112 valence electrons. The Labute approximate surface area is 133 Å². The Morgan fingerprint density at radius 1 is 0.909 bits per heavy atom. The van der Waals surface area contributed by atoms with Gasteiger partial charge >= 0.3 is 0 Å². The van der Waals surface area contributed by atoms with Crippen molar-refractivity contribution in [3.8, 4) is 0 Å². The Balaban J connectivity index is 1.62. The molecule has 1 aliphatic heterocycles. The minimum atomic E-state index is 0.575. The van der Waals surface area contributed by atoms with Crippen molar-refractivity contribution in [2.75, 3.05) is 0 Å². The van der Waals surface area contributed by atoms with E-state index in [0.717, 1.165) is 12.5 Å². The Bertz CT molecular complexity index is 688. The van der Waals surface area contributed by atoms with E-state index in [-0.39, 0.29) is 0 Å². The lowest BCUT2D eigenvalue weighted by Gasteiger charge is -2.40. The summed E-state index contributed by atoms with van der Waals surface area (Å²) in [6.07, 6.45) is 17.5. The van der Waals surface area contributed by atoms with Crippen LogP contribution in [0.1, 0.15) is 43.2 Å². The minimum Gasteiger partial charge on any atom is -0.361 e. The van der Waals surface area contributed by atoms with Gasteiger partial charge in [0.15, 0.2) is 0 Å². The SMILES string of the molecule is C1=CC2[C@H](C=C1)C1=C(c3ccccc3C1)N2C1CCCCC1. The highest BCUT2D eigenvalue weighted by Crippen LogP contribution is 2.50. The monoisotopic (exact) mass is 289 g/mol. The highest BCUT2D eigenvalue weighted by Gasteiger charge is 2.45. The van der Waals surface area contributed by atoms with Crippen LogP contribution in [0, 0.1) is 5.92 Å². The molecule has 0 N–H and O–H groups in total. The van der Waals surface area contributed by atoms with E-state index < -0.39 is 0 Å². The number of benzene rings is 1. The summed E-state index contributed by atoms with van der Waals surface area (Å²) in [4.78, 5) is 2.81. The Morgan fingerprint density at radius 3 is 2.64 bits per heavy atom. The van der Waals surface area contributed by atoms with Crippen LogP contribution < -0.4 is 0 Å². The molecule has 1 saturated carbocycles. The molecule has 4 aliphatic rings. The highest BCUT2D eigenvalue weighted by molar-refractivity contribution is 5.79. The van der Waals surface area contributed by atoms with Gasteiger partial charge in [0.1, 0.15) is 0 Å². The Morgan fingerprint density at radius 2 is 1.73 bits per heavy atom. The van der Waals surface area contributed by atoms with Crippen LogP contribution in [0.2, 0.25) is 0 Å². The van der Waals surface area contributed by atoms with E-state index in [9.17, 15) is 0 Å². The summed E-state index contributed by atoms with van der Waals surface area (Å²) in [5, 5.41) is 0. The third-order valence-electron chi connectivity index (χ3n) is 6.01. The first-order chi connectivity index (χ1) is 10.9. The summed E-state index contributed by atoms with van der Waals surface area (Å²) in [7, 11) is 0. The van der Waals surface area contributed by atoms with Crippen molar-refractivity contribution in [2.24, 2.45) is 5.92 Å². The lowest BCUT2D eigenvalue weighted by atomic mass is 9.87. The van der Waals surface area contributed by atoms with Crippen LogP contribution in [0.25, 0.3) is 5.70 Å². The predicted octanol–water partition coefficient (Wildman–Crippen LogP) is 4.71. The fourth-order valence-electron chi connectivity index (χ4n) is 5.07. The van der Waals surface area contributed by atoms with Crippen LogP contribution in [-0.2, 0) is 6.42 Å². The second-order valence-electron chi connectivity index (χ2n) is 7.19. The summed E-state index contributed by atoms with van der Waals surface area (Å²) >= 11 is 0. The number of nitrogens with zero attached hydrogens (tertiary/aromatic N) is 1. The third-order valence-corrected chi connectivity index (χ3v) is 6.01. The van der Waals surface area contributed by atoms with Crippen LogP contribution in [0.4, 0.5) is 0 Å². The summed E-state index contributed by atoms with van der Waals surface area (Å²) in [6, 6.07) is 10.4. The smallest absolute Gasteiger partial charge is 0.0580 e. The molecule has 1 nitrogen and oxygen atoms in total. The van der Waals surface area contributed by atoms with E-state index in [0.29, 0.717) is 12.0 Å². The molecule has 2 atom stereocenters. The van der Waals surface area contributed by atoms with Gasteiger partial charge in [0.05, 0.1) is 6.04 Å². The zero-order valence-corrected chi connectivity index (χ0v) is 13.0. The average molecular weight is 289 g/mol. The first kappa shape index (κ1) is 12.8. The number of allylic oxidation sites excluding steroid dienone is 2. The first-order valence-corrected chi connectivity index (χ1v) is 8.88. The maximum atomic E-state index is 2.81. The van der Waals surface area contributed by atoms with E-state index in [1.807, 2.05) is 0 Å². The first-order valence-electron chi connectivity index (χ1n) is 8.88. The van der Waals surface area contributed by atoms with Crippen molar-refractivity contribution in [3.05, 3.63) is 65.3 Å². The van der Waals surface area contributed by atoms with Crippen LogP contribution in [0.5, 0.6) is 0 Å². The zero-order valence-electron chi connectivity index (χ0n) is 13.0. The van der Waals surface area contributed by atoms with Gasteiger partial charge in [0.25, 0.3) is 0 Å². The van der Waals surface area contributed by atoms with Gasteiger partial charge in [-0.25, -0.2) is 0 Å². The fourth-order valence-corrected chi connectivity index (χ4v) is 5.07. The Kier molecular flexibility index (Phi) is 2.82. The van der Waals surface area contributed by atoms with Crippen molar-refractivity contribution >= 4 is 5.70 Å². The molecule has 0 aromatic heterocycles. The number of rotatable bonds is 1. The minimum absolute atomic E-state index is 0.575. The quantitative estimate of drug-likeness (QED) is 0.723. The summed E-state index contributed by atoms with van der Waals surface area (Å²) in [6.45, 7) is 0. The van der Waals surface area contributed by atoms with Crippen LogP contribution in [0.15, 0.2) is 54.1 Å². The number of hydrogen-bond acceptors (Lipinski definition) is 1. The van der Waals surface area contributed by atoms with Gasteiger partial charge in [0, 0.05) is 23.2 Å². The van der Waals surface area contributed by atoms with Gasteiger partial charge in [0.2, 0.25) is 0 Å².